The van der Waals surface area contributed by atoms with Crippen molar-refractivity contribution in [3.8, 4) is 5.75 Å². The molecule has 0 unspecified atom stereocenters. The Labute approximate surface area is 127 Å². The van der Waals surface area contributed by atoms with E-state index in [0.29, 0.717) is 5.75 Å². The van der Waals surface area contributed by atoms with E-state index in [9.17, 15) is 4.79 Å². The monoisotopic (exact) mass is 426 g/mol. The molecular weight excluding hydrogens is 412 g/mol. The van der Waals surface area contributed by atoms with Crippen LogP contribution in [0.2, 0.25) is 0 Å². The van der Waals surface area contributed by atoms with Gasteiger partial charge in [-0.2, -0.15) is 54.1 Å². The molecule has 0 bridgehead atoms. The molecule has 2 aromatic rings. The van der Waals surface area contributed by atoms with Crippen LogP contribution in [-0.4, -0.2) is 13.3 Å². The number of hydrogen-bond acceptors (Lipinski definition) is 3. The van der Waals surface area contributed by atoms with E-state index >= 15 is 0 Å². The number of aryl methyl sites for hydroxylation is 1. The van der Waals surface area contributed by atoms with E-state index < -0.39 is 6.16 Å². The number of methoxy groups -OCH3 is 1. The molecule has 0 aliphatic carbocycles. The Hall–Kier alpha value is -1.60. The minimum absolute atomic E-state index is 0. The number of carbonyl (C=O) groups is 1. The second-order valence-corrected chi connectivity index (χ2v) is 3.37. The average molecular weight is 426 g/mol. The Kier molecular flexibility index (Phi) is 9.46. The fourth-order valence-electron chi connectivity index (χ4n) is 1.05. The third kappa shape index (κ3) is 8.17. The summed E-state index contributed by atoms with van der Waals surface area (Å²) in [4.78, 5) is 10.5. The normalized spacial score (nSPS) is 8.32. The van der Waals surface area contributed by atoms with Gasteiger partial charge in [0.05, 0.1) is 7.11 Å². The van der Waals surface area contributed by atoms with Gasteiger partial charge in [0.15, 0.2) is 0 Å². The number of carbonyl (C=O) groups excluding carboxylic acids is 1. The molecular formula is C15H14O3W. The second-order valence-electron chi connectivity index (χ2n) is 3.37. The Balaban J connectivity index is 0.000000352. The Bertz CT molecular complexity index is 457. The van der Waals surface area contributed by atoms with Gasteiger partial charge in [0.1, 0.15) is 0 Å². The van der Waals surface area contributed by atoms with E-state index in [2.05, 4.69) is 28.5 Å². The zero-order chi connectivity index (χ0) is 13.2. The van der Waals surface area contributed by atoms with Crippen molar-refractivity contribution in [2.75, 3.05) is 7.11 Å². The molecule has 0 atom stereocenters. The number of benzene rings is 2. The van der Waals surface area contributed by atoms with Crippen LogP contribution in [0, 0.1) is 19.1 Å². The maximum Gasteiger partial charge on any atom is 2.00 e. The largest absolute Gasteiger partial charge is 2.00 e. The van der Waals surface area contributed by atoms with Crippen LogP contribution in [0.15, 0.2) is 48.5 Å². The molecule has 0 heterocycles. The second kappa shape index (κ2) is 10.3. The summed E-state index contributed by atoms with van der Waals surface area (Å²) in [5.41, 5.74) is 1.29. The van der Waals surface area contributed by atoms with Gasteiger partial charge < -0.3 is 9.47 Å². The van der Waals surface area contributed by atoms with Gasteiger partial charge in [0, 0.05) is 5.75 Å². The van der Waals surface area contributed by atoms with Gasteiger partial charge in [0.2, 0.25) is 0 Å². The SMILES string of the molecule is COC(=O)Oc1cc[c-]cc1.Cc1cc[c-]cc1.[W+2]. The van der Waals surface area contributed by atoms with E-state index in [1.807, 2.05) is 24.3 Å². The molecule has 19 heavy (non-hydrogen) atoms. The smallest absolute Gasteiger partial charge is 0.437 e. The molecule has 0 N–H and O–H groups in total. The summed E-state index contributed by atoms with van der Waals surface area (Å²) in [5, 5.41) is 0. The van der Waals surface area contributed by atoms with Crippen LogP contribution in [0.25, 0.3) is 0 Å². The number of hydrogen-bond donors (Lipinski definition) is 0. The maximum absolute atomic E-state index is 10.5. The van der Waals surface area contributed by atoms with Gasteiger partial charge in [0.25, 0.3) is 0 Å². The molecule has 0 amide bonds. The molecule has 0 aliphatic rings. The van der Waals surface area contributed by atoms with Crippen molar-refractivity contribution in [1.82, 2.24) is 0 Å². The maximum atomic E-state index is 10.5. The quantitative estimate of drug-likeness (QED) is 0.399. The fraction of sp³-hybridized carbons (Fsp3) is 0.133. The molecule has 0 radical (unpaired) electrons. The third-order valence-corrected chi connectivity index (χ3v) is 1.94. The summed E-state index contributed by atoms with van der Waals surface area (Å²) in [6.07, 6.45) is -0.712. The Morgan fingerprint density at radius 2 is 1.47 bits per heavy atom. The van der Waals surface area contributed by atoms with Crippen molar-refractivity contribution >= 4 is 6.16 Å². The van der Waals surface area contributed by atoms with Gasteiger partial charge in [-0.05, 0) is 0 Å². The van der Waals surface area contributed by atoms with Gasteiger partial charge >= 0.3 is 27.2 Å². The van der Waals surface area contributed by atoms with Crippen LogP contribution in [0.1, 0.15) is 5.56 Å². The summed E-state index contributed by atoms with van der Waals surface area (Å²) in [7, 11) is 1.26. The molecule has 0 fully saturated rings. The van der Waals surface area contributed by atoms with Crippen molar-refractivity contribution in [1.29, 1.82) is 0 Å². The molecule has 0 saturated carbocycles. The van der Waals surface area contributed by atoms with Crippen molar-refractivity contribution < 1.29 is 35.3 Å². The van der Waals surface area contributed by atoms with Gasteiger partial charge in [-0.1, -0.05) is 6.92 Å². The number of ether oxygens (including phenoxy) is 2. The first kappa shape index (κ1) is 17.4. The van der Waals surface area contributed by atoms with Gasteiger partial charge in [-0.3, -0.25) is 0 Å². The fourth-order valence-corrected chi connectivity index (χ4v) is 1.05. The predicted molar refractivity (Wildman–Crippen MR) is 68.3 cm³/mol. The summed E-state index contributed by atoms with van der Waals surface area (Å²) < 4.78 is 8.97. The van der Waals surface area contributed by atoms with E-state index in [-0.39, 0.29) is 21.1 Å². The first-order valence-corrected chi connectivity index (χ1v) is 5.37. The first-order valence-electron chi connectivity index (χ1n) is 5.37. The van der Waals surface area contributed by atoms with Crippen LogP contribution in [0.3, 0.4) is 0 Å². The van der Waals surface area contributed by atoms with E-state index in [4.69, 9.17) is 0 Å². The van der Waals surface area contributed by atoms with Crippen LogP contribution < -0.4 is 4.74 Å². The van der Waals surface area contributed by atoms with Crippen molar-refractivity contribution in [2.24, 2.45) is 0 Å². The Morgan fingerprint density at radius 3 is 1.84 bits per heavy atom. The van der Waals surface area contributed by atoms with Crippen LogP contribution in [-0.2, 0) is 25.8 Å². The molecule has 98 valence electrons. The summed E-state index contributed by atoms with van der Waals surface area (Å²) >= 11 is 0. The minimum atomic E-state index is -0.712. The molecule has 0 saturated heterocycles. The summed E-state index contributed by atoms with van der Waals surface area (Å²) in [5.74, 6) is 0.454. The predicted octanol–water partition coefficient (Wildman–Crippen LogP) is 3.42. The molecule has 3 nitrogen and oxygen atoms in total. The zero-order valence-corrected chi connectivity index (χ0v) is 13.7. The van der Waals surface area contributed by atoms with Crippen molar-refractivity contribution in [2.45, 2.75) is 6.92 Å². The van der Waals surface area contributed by atoms with Crippen LogP contribution >= 0.6 is 0 Å². The van der Waals surface area contributed by atoms with E-state index in [0.717, 1.165) is 0 Å². The van der Waals surface area contributed by atoms with Crippen LogP contribution in [0.5, 0.6) is 5.75 Å². The molecule has 2 aromatic carbocycles. The number of rotatable bonds is 1. The van der Waals surface area contributed by atoms with Crippen LogP contribution in [0.4, 0.5) is 4.79 Å². The molecule has 0 aromatic heterocycles. The first-order chi connectivity index (χ1) is 8.72. The van der Waals surface area contributed by atoms with Gasteiger partial charge in [-0.15, -0.1) is 12.1 Å². The standard InChI is InChI=1S/C8H7O3.C7H7.W/c1-10-8(9)11-7-5-3-2-4-6-7;1-7-5-3-2-4-6-7;/h3-6H,1H3;3-6H,1H3;/q2*-1;+2. The van der Waals surface area contributed by atoms with E-state index in [1.165, 1.54) is 12.7 Å². The minimum Gasteiger partial charge on any atom is -0.437 e. The third-order valence-electron chi connectivity index (χ3n) is 1.94. The molecule has 2 rings (SSSR count). The molecule has 0 spiro atoms. The zero-order valence-electron chi connectivity index (χ0n) is 10.8. The topological polar surface area (TPSA) is 35.5 Å². The molecule has 4 heteroatoms. The average Bonchev–Trinajstić information content (AvgIpc) is 2.41. The summed E-state index contributed by atoms with van der Waals surface area (Å²) in [6, 6.07) is 20.2. The summed E-state index contributed by atoms with van der Waals surface area (Å²) in [6.45, 7) is 2.06. The van der Waals surface area contributed by atoms with E-state index in [1.54, 1.807) is 24.3 Å². The van der Waals surface area contributed by atoms with Crippen molar-refractivity contribution in [3.05, 3.63) is 66.2 Å². The Morgan fingerprint density at radius 1 is 1.00 bits per heavy atom. The van der Waals surface area contributed by atoms with Crippen molar-refractivity contribution in [3.63, 3.8) is 0 Å². The molecule has 0 aliphatic heterocycles. The van der Waals surface area contributed by atoms with Gasteiger partial charge in [-0.25, -0.2) is 4.79 Å².